The van der Waals surface area contributed by atoms with E-state index >= 15 is 0 Å². The molecular formula is C23H31N3O4. The summed E-state index contributed by atoms with van der Waals surface area (Å²) < 4.78 is 17.2. The normalized spacial score (nSPS) is 20.8. The molecule has 2 aliphatic heterocycles. The minimum absolute atomic E-state index is 0.158. The molecular weight excluding hydrogens is 382 g/mol. The molecule has 1 aromatic carbocycles. The maximum Gasteiger partial charge on any atom is 0.336 e. The highest BCUT2D eigenvalue weighted by Gasteiger charge is 2.41. The van der Waals surface area contributed by atoms with Crippen LogP contribution in [0.4, 0.5) is 0 Å². The number of rotatable bonds is 7. The summed E-state index contributed by atoms with van der Waals surface area (Å²) in [5.74, 6) is -0.0741. The number of ether oxygens (including phenoxy) is 3. The van der Waals surface area contributed by atoms with Crippen molar-refractivity contribution in [2.24, 2.45) is 5.73 Å². The molecule has 4 N–H and O–H groups in total. The van der Waals surface area contributed by atoms with Crippen molar-refractivity contribution in [2.75, 3.05) is 26.9 Å². The molecule has 162 valence electrons. The van der Waals surface area contributed by atoms with Crippen molar-refractivity contribution in [3.63, 3.8) is 0 Å². The highest BCUT2D eigenvalue weighted by Crippen LogP contribution is 2.45. The van der Waals surface area contributed by atoms with Crippen LogP contribution >= 0.6 is 0 Å². The average molecular weight is 414 g/mol. The van der Waals surface area contributed by atoms with Crippen molar-refractivity contribution in [1.82, 2.24) is 10.6 Å². The summed E-state index contributed by atoms with van der Waals surface area (Å²) in [5, 5.41) is 6.73. The fraction of sp³-hybridized carbons (Fsp3) is 0.435. The molecule has 0 radical (unpaired) electrons. The zero-order valence-electron chi connectivity index (χ0n) is 18.3. The van der Waals surface area contributed by atoms with Crippen LogP contribution in [0.2, 0.25) is 0 Å². The van der Waals surface area contributed by atoms with Gasteiger partial charge in [0.15, 0.2) is 6.23 Å². The molecule has 0 amide bonds. The highest BCUT2D eigenvalue weighted by molar-refractivity contribution is 5.93. The van der Waals surface area contributed by atoms with Gasteiger partial charge in [0.1, 0.15) is 12.4 Å². The van der Waals surface area contributed by atoms with Crippen molar-refractivity contribution >= 4 is 5.97 Å². The monoisotopic (exact) mass is 413 g/mol. The number of nitrogens with one attached hydrogen (secondary N) is 2. The first-order valence-electron chi connectivity index (χ1n) is 10.2. The van der Waals surface area contributed by atoms with E-state index in [0.29, 0.717) is 17.9 Å². The van der Waals surface area contributed by atoms with Gasteiger partial charge in [-0.25, -0.2) is 4.79 Å². The summed E-state index contributed by atoms with van der Waals surface area (Å²) in [6.07, 6.45) is 1.54. The fourth-order valence-electron chi connectivity index (χ4n) is 4.00. The summed E-state index contributed by atoms with van der Waals surface area (Å²) >= 11 is 0. The Morgan fingerprint density at radius 1 is 1.23 bits per heavy atom. The van der Waals surface area contributed by atoms with E-state index in [2.05, 4.69) is 10.6 Å². The number of hydrogen-bond acceptors (Lipinski definition) is 7. The lowest BCUT2D eigenvalue weighted by atomic mass is 9.77. The van der Waals surface area contributed by atoms with Gasteiger partial charge in [0.25, 0.3) is 0 Å². The minimum atomic E-state index is -0.396. The van der Waals surface area contributed by atoms with Crippen LogP contribution < -0.4 is 21.1 Å². The van der Waals surface area contributed by atoms with Crippen molar-refractivity contribution in [3.8, 4) is 5.75 Å². The first-order chi connectivity index (χ1) is 14.4. The molecule has 3 rings (SSSR count). The average Bonchev–Trinajstić information content (AvgIpc) is 2.73. The third kappa shape index (κ3) is 4.08. The van der Waals surface area contributed by atoms with Crippen molar-refractivity contribution in [1.29, 1.82) is 0 Å². The zero-order chi connectivity index (χ0) is 21.8. The molecule has 2 heterocycles. The molecule has 0 aromatic heterocycles. The molecule has 0 aliphatic carbocycles. The Labute approximate surface area is 177 Å². The molecule has 7 heteroatoms. The number of hydrogen-bond donors (Lipinski definition) is 3. The maximum absolute atomic E-state index is 13.1. The van der Waals surface area contributed by atoms with Gasteiger partial charge in [-0.05, 0) is 44.9 Å². The van der Waals surface area contributed by atoms with Crippen LogP contribution in [0.1, 0.15) is 37.8 Å². The van der Waals surface area contributed by atoms with E-state index in [1.807, 2.05) is 52.1 Å². The third-order valence-corrected chi connectivity index (χ3v) is 5.34. The molecule has 0 saturated carbocycles. The van der Waals surface area contributed by atoms with E-state index in [1.165, 1.54) is 0 Å². The van der Waals surface area contributed by atoms with Gasteiger partial charge in [-0.1, -0.05) is 12.1 Å². The predicted octanol–water partition coefficient (Wildman–Crippen LogP) is 2.59. The number of dihydropyridines is 2. The Balaban J connectivity index is 2.23. The number of methoxy groups -OCH3 is 1. The van der Waals surface area contributed by atoms with Crippen molar-refractivity contribution < 1.29 is 19.0 Å². The second kappa shape index (κ2) is 9.36. The van der Waals surface area contributed by atoms with Gasteiger partial charge in [0, 0.05) is 47.8 Å². The first kappa shape index (κ1) is 21.9. The smallest absolute Gasteiger partial charge is 0.336 e. The molecule has 0 spiro atoms. The van der Waals surface area contributed by atoms with Gasteiger partial charge in [0.2, 0.25) is 0 Å². The van der Waals surface area contributed by atoms with Crippen LogP contribution in [0.3, 0.4) is 0 Å². The van der Waals surface area contributed by atoms with Gasteiger partial charge in [0.05, 0.1) is 12.7 Å². The Kier molecular flexibility index (Phi) is 6.84. The van der Waals surface area contributed by atoms with Crippen LogP contribution in [-0.2, 0) is 14.3 Å². The Hall–Kier alpha value is -2.77. The summed E-state index contributed by atoms with van der Waals surface area (Å²) in [4.78, 5) is 13.1. The number of allylic oxidation sites excluding steroid dienone is 2. The Bertz CT molecular complexity index is 917. The number of carbonyl (C=O) groups excluding carboxylic acids is 1. The van der Waals surface area contributed by atoms with Crippen LogP contribution in [0.5, 0.6) is 5.75 Å². The Morgan fingerprint density at radius 3 is 2.67 bits per heavy atom. The summed E-state index contributed by atoms with van der Waals surface area (Å²) in [7, 11) is 1.64. The fourth-order valence-corrected chi connectivity index (χ4v) is 4.00. The molecule has 7 nitrogen and oxygen atoms in total. The highest BCUT2D eigenvalue weighted by atomic mass is 16.5. The van der Waals surface area contributed by atoms with Crippen LogP contribution in [0.15, 0.2) is 52.5 Å². The topological polar surface area (TPSA) is 94.8 Å². The van der Waals surface area contributed by atoms with Crippen molar-refractivity contribution in [2.45, 2.75) is 39.8 Å². The van der Waals surface area contributed by atoms with Gasteiger partial charge >= 0.3 is 5.97 Å². The Morgan fingerprint density at radius 2 is 2.00 bits per heavy atom. The molecule has 0 saturated heterocycles. The van der Waals surface area contributed by atoms with Gasteiger partial charge in [-0.3, -0.25) is 0 Å². The largest absolute Gasteiger partial charge is 0.496 e. The molecule has 2 atom stereocenters. The van der Waals surface area contributed by atoms with Crippen LogP contribution in [0.25, 0.3) is 0 Å². The number of aryl methyl sites for hydroxylation is 1. The molecule has 2 aliphatic rings. The van der Waals surface area contributed by atoms with E-state index in [1.54, 1.807) is 7.11 Å². The SMILES string of the molecule is CCOC1NC=C(C)C2=C1C(c1ccc(C)cc1OC)C(C(=O)OCCN)=C(C)N2. The lowest BCUT2D eigenvalue weighted by Gasteiger charge is -2.39. The van der Waals surface area contributed by atoms with E-state index in [9.17, 15) is 4.79 Å². The summed E-state index contributed by atoms with van der Waals surface area (Å²) in [5.41, 5.74) is 11.7. The minimum Gasteiger partial charge on any atom is -0.496 e. The first-order valence-corrected chi connectivity index (χ1v) is 10.2. The standard InChI is InChI=1S/C23H31N3O4/c1-6-29-22-20-19(16-8-7-13(2)11-17(16)28-5)18(23(27)30-10-9-24)15(4)26-21(20)14(3)12-25-22/h7-8,11-12,19,22,25-26H,6,9-10,24H2,1-5H3. The number of carbonyl (C=O) groups is 1. The van der Waals surface area contributed by atoms with Gasteiger partial charge < -0.3 is 30.6 Å². The molecule has 0 fully saturated rings. The van der Waals surface area contributed by atoms with E-state index in [0.717, 1.165) is 33.7 Å². The second-order valence-electron chi connectivity index (χ2n) is 7.43. The molecule has 1 aromatic rings. The maximum atomic E-state index is 13.1. The quantitative estimate of drug-likeness (QED) is 0.592. The number of esters is 1. The van der Waals surface area contributed by atoms with Gasteiger partial charge in [-0.2, -0.15) is 0 Å². The van der Waals surface area contributed by atoms with Crippen molar-refractivity contribution in [3.05, 3.63) is 63.6 Å². The number of benzene rings is 1. The second-order valence-corrected chi connectivity index (χ2v) is 7.43. The number of nitrogens with two attached hydrogens (primary N) is 1. The predicted molar refractivity (Wildman–Crippen MR) is 116 cm³/mol. The summed E-state index contributed by atoms with van der Waals surface area (Å²) in [6, 6.07) is 6.01. The third-order valence-electron chi connectivity index (χ3n) is 5.34. The zero-order valence-corrected chi connectivity index (χ0v) is 18.3. The molecule has 0 bridgehead atoms. The lowest BCUT2D eigenvalue weighted by Crippen LogP contribution is -2.43. The molecule has 2 unspecified atom stereocenters. The van der Waals surface area contributed by atoms with E-state index in [4.69, 9.17) is 19.9 Å². The summed E-state index contributed by atoms with van der Waals surface area (Å²) in [6.45, 7) is 8.81. The lowest BCUT2D eigenvalue weighted by molar-refractivity contribution is -0.139. The van der Waals surface area contributed by atoms with E-state index < -0.39 is 11.9 Å². The van der Waals surface area contributed by atoms with Crippen LogP contribution in [-0.4, -0.2) is 39.1 Å². The molecule has 30 heavy (non-hydrogen) atoms. The van der Waals surface area contributed by atoms with E-state index in [-0.39, 0.29) is 19.4 Å². The van der Waals surface area contributed by atoms with Crippen LogP contribution in [0, 0.1) is 6.92 Å². The van der Waals surface area contributed by atoms with Gasteiger partial charge in [-0.15, -0.1) is 0 Å².